The van der Waals surface area contributed by atoms with Crippen LogP contribution in [-0.2, 0) is 10.0 Å². The van der Waals surface area contributed by atoms with Crippen molar-refractivity contribution in [3.8, 4) is 17.5 Å². The zero-order chi connectivity index (χ0) is 24.1. The molecule has 2 aromatic carbocycles. The van der Waals surface area contributed by atoms with Gasteiger partial charge in [0, 0.05) is 35.0 Å². The van der Waals surface area contributed by atoms with Crippen molar-refractivity contribution >= 4 is 38.2 Å². The van der Waals surface area contributed by atoms with E-state index in [-0.39, 0.29) is 11.0 Å². The first-order valence-electron chi connectivity index (χ1n) is 11.4. The molecule has 3 saturated carbocycles. The molecule has 34 heavy (non-hydrogen) atoms. The fraction of sp³-hybridized carbons (Fsp3) is 0.400. The molecule has 0 saturated heterocycles. The van der Waals surface area contributed by atoms with Gasteiger partial charge in [-0.2, -0.15) is 5.26 Å². The number of hydrogen-bond donors (Lipinski definition) is 2. The monoisotopic (exact) mass is 498 g/mol. The molecule has 0 aliphatic heterocycles. The van der Waals surface area contributed by atoms with Crippen LogP contribution in [0.15, 0.2) is 42.6 Å². The standard InChI is InChI=1S/C25H27ClN4O3S/c1-3-8-33-23-18(12-27)10-20(11-21(23)26)30-7-6-17-9-19(4-5-22(17)30)28-16-24-13-25(14-24,15-24)29-34(2,31)32/h4-7,9-11,28-29H,3,8,13-16H2,1-2H3. The molecule has 2 N–H and O–H groups in total. The van der Waals surface area contributed by atoms with Crippen LogP contribution in [0.5, 0.6) is 5.75 Å². The minimum Gasteiger partial charge on any atom is -0.491 e. The van der Waals surface area contributed by atoms with E-state index in [4.69, 9.17) is 16.3 Å². The zero-order valence-corrected chi connectivity index (χ0v) is 20.8. The van der Waals surface area contributed by atoms with E-state index in [1.54, 1.807) is 6.07 Å². The summed E-state index contributed by atoms with van der Waals surface area (Å²) in [4.78, 5) is 0. The summed E-state index contributed by atoms with van der Waals surface area (Å²) in [5, 5.41) is 14.6. The zero-order valence-electron chi connectivity index (χ0n) is 19.2. The van der Waals surface area contributed by atoms with Gasteiger partial charge in [0.2, 0.25) is 10.0 Å². The van der Waals surface area contributed by atoms with Crippen molar-refractivity contribution in [2.75, 3.05) is 24.7 Å². The predicted molar refractivity (Wildman–Crippen MR) is 134 cm³/mol. The molecule has 3 aliphatic carbocycles. The Balaban J connectivity index is 1.31. The second kappa shape index (κ2) is 8.19. The molecule has 3 fully saturated rings. The Morgan fingerprint density at radius 2 is 1.97 bits per heavy atom. The van der Waals surface area contributed by atoms with Gasteiger partial charge in [0.05, 0.1) is 29.0 Å². The molecule has 2 bridgehead atoms. The smallest absolute Gasteiger partial charge is 0.209 e. The van der Waals surface area contributed by atoms with E-state index in [0.717, 1.165) is 54.5 Å². The van der Waals surface area contributed by atoms with Crippen molar-refractivity contribution < 1.29 is 13.2 Å². The lowest BCUT2D eigenvalue weighted by Crippen LogP contribution is -2.76. The lowest BCUT2D eigenvalue weighted by Gasteiger charge is -2.70. The number of nitrogens with zero attached hydrogens (tertiary/aromatic N) is 2. The first-order valence-corrected chi connectivity index (χ1v) is 13.6. The molecule has 0 amide bonds. The van der Waals surface area contributed by atoms with Crippen molar-refractivity contribution in [2.45, 2.75) is 38.1 Å². The Kier molecular flexibility index (Phi) is 5.55. The molecule has 0 radical (unpaired) electrons. The van der Waals surface area contributed by atoms with Gasteiger partial charge in [-0.3, -0.25) is 0 Å². The van der Waals surface area contributed by atoms with Crippen LogP contribution in [0.25, 0.3) is 16.6 Å². The molecule has 6 rings (SSSR count). The third-order valence-corrected chi connectivity index (χ3v) is 7.86. The van der Waals surface area contributed by atoms with Gasteiger partial charge in [0.25, 0.3) is 0 Å². The summed E-state index contributed by atoms with van der Waals surface area (Å²) < 4.78 is 33.5. The number of hydrogen-bond acceptors (Lipinski definition) is 5. The molecule has 1 aromatic heterocycles. The van der Waals surface area contributed by atoms with Crippen LogP contribution in [0, 0.1) is 16.7 Å². The minimum absolute atomic E-state index is 0.185. The van der Waals surface area contributed by atoms with E-state index < -0.39 is 10.0 Å². The maximum absolute atomic E-state index is 11.5. The number of nitrogens with one attached hydrogen (secondary N) is 2. The lowest BCUT2D eigenvalue weighted by atomic mass is 9.40. The summed E-state index contributed by atoms with van der Waals surface area (Å²) in [5.41, 5.74) is 3.23. The van der Waals surface area contributed by atoms with Crippen LogP contribution >= 0.6 is 11.6 Å². The number of halogens is 1. The van der Waals surface area contributed by atoms with Gasteiger partial charge in [-0.05, 0) is 67.5 Å². The highest BCUT2D eigenvalue weighted by molar-refractivity contribution is 7.88. The molecule has 0 atom stereocenters. The van der Waals surface area contributed by atoms with Gasteiger partial charge in [0.15, 0.2) is 5.75 Å². The Morgan fingerprint density at radius 1 is 1.21 bits per heavy atom. The molecular weight excluding hydrogens is 472 g/mol. The Labute approximate surface area is 204 Å². The minimum atomic E-state index is -3.16. The summed E-state index contributed by atoms with van der Waals surface area (Å²) >= 11 is 6.46. The van der Waals surface area contributed by atoms with Crippen LogP contribution in [-0.4, -0.2) is 37.9 Å². The van der Waals surface area contributed by atoms with E-state index >= 15 is 0 Å². The number of fused-ring (bicyclic) bond motifs is 1. The predicted octanol–water partition coefficient (Wildman–Crippen LogP) is 4.83. The van der Waals surface area contributed by atoms with Crippen LogP contribution < -0.4 is 14.8 Å². The lowest BCUT2D eigenvalue weighted by molar-refractivity contribution is -0.130. The number of benzene rings is 2. The van der Waals surface area contributed by atoms with Crippen molar-refractivity contribution in [1.29, 1.82) is 5.26 Å². The fourth-order valence-electron chi connectivity index (χ4n) is 5.61. The second-order valence-electron chi connectivity index (χ2n) is 9.76. The van der Waals surface area contributed by atoms with Crippen molar-refractivity contribution in [3.63, 3.8) is 0 Å². The fourth-order valence-corrected chi connectivity index (χ4v) is 6.88. The van der Waals surface area contributed by atoms with Gasteiger partial charge >= 0.3 is 0 Å². The van der Waals surface area contributed by atoms with Crippen LogP contribution in [0.2, 0.25) is 5.02 Å². The highest BCUT2D eigenvalue weighted by Crippen LogP contribution is 2.67. The third kappa shape index (κ3) is 4.13. The number of nitriles is 1. The van der Waals surface area contributed by atoms with Crippen LogP contribution in [0.3, 0.4) is 0 Å². The summed E-state index contributed by atoms with van der Waals surface area (Å²) in [6, 6.07) is 14.0. The van der Waals surface area contributed by atoms with Crippen molar-refractivity contribution in [3.05, 3.63) is 53.2 Å². The van der Waals surface area contributed by atoms with Crippen LogP contribution in [0.4, 0.5) is 5.69 Å². The quantitative estimate of drug-likeness (QED) is 0.440. The van der Waals surface area contributed by atoms with Gasteiger partial charge < -0.3 is 14.6 Å². The molecule has 178 valence electrons. The molecule has 3 aromatic rings. The average molecular weight is 499 g/mol. The molecule has 7 nitrogen and oxygen atoms in total. The van der Waals surface area contributed by atoms with Gasteiger partial charge in [-0.25, -0.2) is 13.1 Å². The first kappa shape index (κ1) is 23.0. The number of ether oxygens (including phenoxy) is 1. The van der Waals surface area contributed by atoms with Crippen molar-refractivity contribution in [1.82, 2.24) is 9.29 Å². The number of anilines is 1. The highest BCUT2D eigenvalue weighted by Gasteiger charge is 2.68. The highest BCUT2D eigenvalue weighted by atomic mass is 35.5. The number of aromatic nitrogens is 1. The third-order valence-electron chi connectivity index (χ3n) is 6.78. The normalized spacial score (nSPS) is 23.1. The number of rotatable bonds is 9. The topological polar surface area (TPSA) is 96.2 Å². The van der Waals surface area contributed by atoms with Crippen molar-refractivity contribution in [2.24, 2.45) is 5.41 Å². The summed E-state index contributed by atoms with van der Waals surface area (Å²) in [6.07, 6.45) is 6.69. The Morgan fingerprint density at radius 3 is 2.65 bits per heavy atom. The largest absolute Gasteiger partial charge is 0.491 e. The Hall–Kier alpha value is -2.73. The molecule has 0 spiro atoms. The molecule has 0 unspecified atom stereocenters. The summed E-state index contributed by atoms with van der Waals surface area (Å²) in [7, 11) is -3.16. The summed E-state index contributed by atoms with van der Waals surface area (Å²) in [5.74, 6) is 0.430. The maximum atomic E-state index is 11.5. The van der Waals surface area contributed by atoms with Gasteiger partial charge in [-0.15, -0.1) is 0 Å². The van der Waals surface area contributed by atoms with Gasteiger partial charge in [-0.1, -0.05) is 18.5 Å². The molecule has 3 aliphatic rings. The molecule has 9 heteroatoms. The SMILES string of the molecule is CCCOc1c(Cl)cc(-n2ccc3cc(NCC45CC(NS(C)(=O)=O)(C4)C5)ccc32)cc1C#N. The van der Waals surface area contributed by atoms with E-state index in [2.05, 4.69) is 22.2 Å². The maximum Gasteiger partial charge on any atom is 0.209 e. The molecular formula is C25H27ClN4O3S. The first-order chi connectivity index (χ1) is 16.1. The van der Waals surface area contributed by atoms with Gasteiger partial charge in [0.1, 0.15) is 6.07 Å². The molecule has 1 heterocycles. The Bertz CT molecular complexity index is 1400. The van der Waals surface area contributed by atoms with E-state index in [9.17, 15) is 13.7 Å². The summed E-state index contributed by atoms with van der Waals surface area (Å²) in [6.45, 7) is 3.34. The van der Waals surface area contributed by atoms with E-state index in [1.807, 2.05) is 42.0 Å². The van der Waals surface area contributed by atoms with Crippen LogP contribution in [0.1, 0.15) is 38.2 Å². The average Bonchev–Trinajstić information content (AvgIpc) is 3.15. The van der Waals surface area contributed by atoms with E-state index in [1.165, 1.54) is 6.26 Å². The van der Waals surface area contributed by atoms with E-state index in [0.29, 0.717) is 22.9 Å². The second-order valence-corrected chi connectivity index (χ2v) is 11.9. The number of sulfonamides is 1.